The zero-order valence-corrected chi connectivity index (χ0v) is 21.0. The Hall–Kier alpha value is -1.42. The lowest BCUT2D eigenvalue weighted by Crippen LogP contribution is -2.43. The number of amides is 1. The van der Waals surface area contributed by atoms with Crippen LogP contribution >= 0.6 is 0 Å². The number of hydrogen-bond acceptors (Lipinski definition) is 7. The zero-order chi connectivity index (χ0) is 23.4. The van der Waals surface area contributed by atoms with Gasteiger partial charge in [-0.25, -0.2) is 9.59 Å². The summed E-state index contributed by atoms with van der Waals surface area (Å²) in [6.07, 6.45) is 10.2. The highest BCUT2D eigenvalue weighted by Gasteiger charge is 2.36. The van der Waals surface area contributed by atoms with Gasteiger partial charge in [-0.15, -0.1) is 0 Å². The largest absolute Gasteiger partial charge is 0.500 e. The maximum absolute atomic E-state index is 11.7. The number of nitrogens with one attached hydrogen (secondary N) is 1. The molecule has 182 valence electrons. The Bertz CT molecular complexity index is 490. The van der Waals surface area contributed by atoms with E-state index in [4.69, 9.17) is 22.8 Å². The van der Waals surface area contributed by atoms with Gasteiger partial charge in [0.05, 0.1) is 13.2 Å². The van der Waals surface area contributed by atoms with Gasteiger partial charge in [0.1, 0.15) is 0 Å². The van der Waals surface area contributed by atoms with E-state index < -0.39 is 8.80 Å². The van der Waals surface area contributed by atoms with E-state index in [2.05, 4.69) is 11.9 Å². The molecule has 0 heterocycles. The van der Waals surface area contributed by atoms with Crippen LogP contribution in [0.25, 0.3) is 0 Å². The van der Waals surface area contributed by atoms with Crippen LogP contribution < -0.4 is 5.32 Å². The third kappa shape index (κ3) is 15.9. The third-order valence-electron chi connectivity index (χ3n) is 4.97. The molecule has 0 bridgehead atoms. The molecule has 0 aliphatic rings. The molecule has 1 N–H and O–H groups in total. The molecule has 0 rings (SSSR count). The zero-order valence-electron chi connectivity index (χ0n) is 20.0. The number of esters is 1. The standard InChI is InChI=1S/C22H43NO7Si/c1-20(2)21(24)29-17-13-11-9-7-6-8-10-12-14-18-30-22(25)23-16-15-19-31(26-3,27-4)28-5/h1,6-19H2,2-5H3,(H,23,25). The van der Waals surface area contributed by atoms with E-state index >= 15 is 0 Å². The second-order valence-corrected chi connectivity index (χ2v) is 10.7. The summed E-state index contributed by atoms with van der Waals surface area (Å²) < 4.78 is 26.3. The summed E-state index contributed by atoms with van der Waals surface area (Å²) in [6.45, 7) is 6.64. The van der Waals surface area contributed by atoms with Crippen molar-refractivity contribution in [3.63, 3.8) is 0 Å². The van der Waals surface area contributed by atoms with Crippen LogP contribution in [0, 0.1) is 0 Å². The fraction of sp³-hybridized carbons (Fsp3) is 0.818. The van der Waals surface area contributed by atoms with Gasteiger partial charge in [-0.3, -0.25) is 0 Å². The van der Waals surface area contributed by atoms with E-state index in [1.54, 1.807) is 28.3 Å². The van der Waals surface area contributed by atoms with Crippen molar-refractivity contribution in [2.45, 2.75) is 77.2 Å². The summed E-state index contributed by atoms with van der Waals surface area (Å²) in [5.41, 5.74) is 0.450. The van der Waals surface area contributed by atoms with E-state index in [1.807, 2.05) is 0 Å². The average Bonchev–Trinajstić information content (AvgIpc) is 2.77. The molecule has 0 saturated carbocycles. The minimum Gasteiger partial charge on any atom is -0.462 e. The van der Waals surface area contributed by atoms with Crippen LogP contribution in [0.4, 0.5) is 4.79 Å². The molecule has 0 fully saturated rings. The number of ether oxygens (including phenoxy) is 2. The Morgan fingerprint density at radius 1 is 0.742 bits per heavy atom. The van der Waals surface area contributed by atoms with Crippen LogP contribution in [0.3, 0.4) is 0 Å². The Morgan fingerprint density at radius 2 is 1.19 bits per heavy atom. The van der Waals surface area contributed by atoms with Crippen molar-refractivity contribution in [2.24, 2.45) is 0 Å². The first-order chi connectivity index (χ1) is 14.9. The average molecular weight is 462 g/mol. The summed E-state index contributed by atoms with van der Waals surface area (Å²) in [6, 6.07) is 0.638. The van der Waals surface area contributed by atoms with Crippen LogP contribution in [0.2, 0.25) is 6.04 Å². The molecule has 0 radical (unpaired) electrons. The molecule has 0 aliphatic heterocycles. The highest BCUT2D eigenvalue weighted by molar-refractivity contribution is 6.60. The number of carbonyl (C=O) groups excluding carboxylic acids is 2. The van der Waals surface area contributed by atoms with Gasteiger partial charge in [0, 0.05) is 39.5 Å². The van der Waals surface area contributed by atoms with Crippen LogP contribution in [-0.2, 0) is 27.5 Å². The summed E-state index contributed by atoms with van der Waals surface area (Å²) in [5, 5.41) is 2.74. The lowest BCUT2D eigenvalue weighted by Gasteiger charge is -2.24. The Labute approximate surface area is 189 Å². The van der Waals surface area contributed by atoms with E-state index in [0.717, 1.165) is 38.5 Å². The molecular weight excluding hydrogens is 418 g/mol. The minimum absolute atomic E-state index is 0.301. The third-order valence-corrected chi connectivity index (χ3v) is 7.80. The molecule has 0 aromatic carbocycles. The molecule has 8 nitrogen and oxygen atoms in total. The van der Waals surface area contributed by atoms with E-state index in [1.165, 1.54) is 19.3 Å². The molecular formula is C22H43NO7Si. The van der Waals surface area contributed by atoms with Gasteiger partial charge in [0.2, 0.25) is 0 Å². The molecule has 0 saturated heterocycles. The summed E-state index contributed by atoms with van der Waals surface area (Å²) >= 11 is 0. The normalized spacial score (nSPS) is 11.2. The quantitative estimate of drug-likeness (QED) is 0.122. The highest BCUT2D eigenvalue weighted by atomic mass is 28.4. The van der Waals surface area contributed by atoms with Gasteiger partial charge >= 0.3 is 20.9 Å². The molecule has 0 aromatic rings. The van der Waals surface area contributed by atoms with Gasteiger partial charge in [-0.2, -0.15) is 0 Å². The molecule has 0 aromatic heterocycles. The molecule has 9 heteroatoms. The number of unbranched alkanes of at least 4 members (excludes halogenated alkanes) is 8. The maximum atomic E-state index is 11.7. The Balaban J connectivity index is 3.41. The van der Waals surface area contributed by atoms with Gasteiger partial charge in [0.15, 0.2) is 0 Å². The van der Waals surface area contributed by atoms with E-state index in [0.29, 0.717) is 37.8 Å². The van der Waals surface area contributed by atoms with Crippen molar-refractivity contribution in [1.29, 1.82) is 0 Å². The molecule has 0 atom stereocenters. The molecule has 31 heavy (non-hydrogen) atoms. The lowest BCUT2D eigenvalue weighted by atomic mass is 10.1. The SMILES string of the molecule is C=C(C)C(=O)OCCCCCCCCCCCOC(=O)NCCC[Si](OC)(OC)OC. The first kappa shape index (κ1) is 29.6. The number of hydrogen-bond donors (Lipinski definition) is 1. The van der Waals surface area contributed by atoms with Crippen molar-refractivity contribution in [3.8, 4) is 0 Å². The van der Waals surface area contributed by atoms with Crippen LogP contribution in [0.1, 0.15) is 71.1 Å². The van der Waals surface area contributed by atoms with E-state index in [9.17, 15) is 9.59 Å². The van der Waals surface area contributed by atoms with Crippen molar-refractivity contribution >= 4 is 20.9 Å². The van der Waals surface area contributed by atoms with Gasteiger partial charge in [-0.05, 0) is 26.2 Å². The first-order valence-electron chi connectivity index (χ1n) is 11.3. The Morgan fingerprint density at radius 3 is 1.65 bits per heavy atom. The fourth-order valence-electron chi connectivity index (χ4n) is 3.00. The maximum Gasteiger partial charge on any atom is 0.500 e. The molecule has 0 aliphatic carbocycles. The number of rotatable bonds is 20. The monoisotopic (exact) mass is 461 g/mol. The second-order valence-electron chi connectivity index (χ2n) is 7.56. The minimum atomic E-state index is -2.57. The first-order valence-corrected chi connectivity index (χ1v) is 13.2. The summed E-state index contributed by atoms with van der Waals surface area (Å²) in [5.74, 6) is -0.301. The van der Waals surface area contributed by atoms with Crippen LogP contribution in [-0.4, -0.2) is 62.0 Å². The molecule has 0 unspecified atom stereocenters. The van der Waals surface area contributed by atoms with Crippen molar-refractivity contribution in [2.75, 3.05) is 41.1 Å². The van der Waals surface area contributed by atoms with Gasteiger partial charge in [-0.1, -0.05) is 51.5 Å². The predicted octanol–water partition coefficient (Wildman–Crippen LogP) is 4.61. The lowest BCUT2D eigenvalue weighted by molar-refractivity contribution is -0.139. The van der Waals surface area contributed by atoms with Gasteiger partial charge in [0.25, 0.3) is 0 Å². The number of carbonyl (C=O) groups is 2. The number of alkyl carbamates (subject to hydrolysis) is 1. The second kappa shape index (κ2) is 19.3. The van der Waals surface area contributed by atoms with Crippen molar-refractivity contribution in [1.82, 2.24) is 5.32 Å². The highest BCUT2D eigenvalue weighted by Crippen LogP contribution is 2.14. The fourth-order valence-corrected chi connectivity index (χ4v) is 4.72. The van der Waals surface area contributed by atoms with Crippen molar-refractivity contribution < 1.29 is 32.3 Å². The van der Waals surface area contributed by atoms with E-state index in [-0.39, 0.29) is 12.1 Å². The summed E-state index contributed by atoms with van der Waals surface area (Å²) in [4.78, 5) is 22.9. The van der Waals surface area contributed by atoms with Crippen molar-refractivity contribution in [3.05, 3.63) is 12.2 Å². The molecule has 1 amide bonds. The van der Waals surface area contributed by atoms with Gasteiger partial charge < -0.3 is 28.1 Å². The molecule has 0 spiro atoms. The topological polar surface area (TPSA) is 92.3 Å². The smallest absolute Gasteiger partial charge is 0.462 e. The van der Waals surface area contributed by atoms with Crippen LogP contribution in [0.5, 0.6) is 0 Å². The Kier molecular flexibility index (Phi) is 18.4. The summed E-state index contributed by atoms with van der Waals surface area (Å²) in [7, 11) is 2.16. The predicted molar refractivity (Wildman–Crippen MR) is 123 cm³/mol. The van der Waals surface area contributed by atoms with Crippen LogP contribution in [0.15, 0.2) is 12.2 Å².